The molecule has 0 aliphatic carbocycles. The minimum Gasteiger partial charge on any atom is -0.465 e. The predicted octanol–water partition coefficient (Wildman–Crippen LogP) is 3.42. The summed E-state index contributed by atoms with van der Waals surface area (Å²) < 4.78 is 43.6. The fourth-order valence-electron chi connectivity index (χ4n) is 3.09. The van der Waals surface area contributed by atoms with Crippen LogP contribution in [0.15, 0.2) is 64.9 Å². The highest BCUT2D eigenvalue weighted by molar-refractivity contribution is 6.30. The van der Waals surface area contributed by atoms with Crippen LogP contribution in [0.2, 0.25) is 0 Å². The molecular weight excluding hydrogens is 441 g/mol. The monoisotopic (exact) mass is 460 g/mol. The SMILES string of the molecule is COC(=O)c1ccc(C(=O)NNC(C)=C2C(=O)N(c3cccc(C(F)(F)F)c3)N=C2C)cc1. The number of carbonyl (C=O) groups is 3. The Morgan fingerprint density at radius 3 is 2.27 bits per heavy atom. The Morgan fingerprint density at radius 1 is 1.03 bits per heavy atom. The first-order valence-electron chi connectivity index (χ1n) is 9.56. The summed E-state index contributed by atoms with van der Waals surface area (Å²) in [5, 5.41) is 4.94. The molecule has 0 unspecified atom stereocenters. The second kappa shape index (κ2) is 9.15. The summed E-state index contributed by atoms with van der Waals surface area (Å²) in [7, 11) is 1.24. The van der Waals surface area contributed by atoms with Crippen molar-refractivity contribution < 1.29 is 32.3 Å². The van der Waals surface area contributed by atoms with E-state index < -0.39 is 29.5 Å². The van der Waals surface area contributed by atoms with Gasteiger partial charge in [-0.2, -0.15) is 23.3 Å². The van der Waals surface area contributed by atoms with Crippen LogP contribution >= 0.6 is 0 Å². The van der Waals surface area contributed by atoms with Gasteiger partial charge < -0.3 is 10.2 Å². The highest BCUT2D eigenvalue weighted by Crippen LogP contribution is 2.33. The van der Waals surface area contributed by atoms with Crippen molar-refractivity contribution in [1.82, 2.24) is 10.9 Å². The van der Waals surface area contributed by atoms with Crippen LogP contribution in [0.1, 0.15) is 40.1 Å². The van der Waals surface area contributed by atoms with Crippen molar-refractivity contribution in [1.29, 1.82) is 0 Å². The van der Waals surface area contributed by atoms with E-state index in [9.17, 15) is 27.6 Å². The number of hydrogen-bond donors (Lipinski definition) is 2. The van der Waals surface area contributed by atoms with Crippen LogP contribution in [0.4, 0.5) is 18.9 Å². The maximum absolute atomic E-state index is 13.0. The molecule has 0 spiro atoms. The number of nitrogens with one attached hydrogen (secondary N) is 2. The Bertz CT molecular complexity index is 1170. The largest absolute Gasteiger partial charge is 0.465 e. The molecule has 33 heavy (non-hydrogen) atoms. The zero-order valence-electron chi connectivity index (χ0n) is 17.8. The van der Waals surface area contributed by atoms with E-state index >= 15 is 0 Å². The van der Waals surface area contributed by atoms with Crippen molar-refractivity contribution in [2.45, 2.75) is 20.0 Å². The highest BCUT2D eigenvalue weighted by Gasteiger charge is 2.34. The Morgan fingerprint density at radius 2 is 1.67 bits per heavy atom. The number of nitrogens with zero attached hydrogens (tertiary/aromatic N) is 2. The van der Waals surface area contributed by atoms with Gasteiger partial charge >= 0.3 is 12.1 Å². The Balaban J connectivity index is 1.74. The summed E-state index contributed by atoms with van der Waals surface area (Å²) in [4.78, 5) is 36.7. The summed E-state index contributed by atoms with van der Waals surface area (Å²) in [6.45, 7) is 3.04. The molecule has 2 amide bonds. The Kier molecular flexibility index (Phi) is 6.52. The van der Waals surface area contributed by atoms with E-state index in [-0.39, 0.29) is 33.8 Å². The quantitative estimate of drug-likeness (QED) is 0.405. The second-order valence-electron chi connectivity index (χ2n) is 7.00. The molecule has 2 aromatic rings. The number of rotatable bonds is 5. The van der Waals surface area contributed by atoms with E-state index in [1.54, 1.807) is 0 Å². The average molecular weight is 460 g/mol. The number of hydrogen-bond acceptors (Lipinski definition) is 6. The Hall–Kier alpha value is -4.15. The van der Waals surface area contributed by atoms with Gasteiger partial charge in [0.2, 0.25) is 0 Å². The third-order valence-corrected chi connectivity index (χ3v) is 4.74. The van der Waals surface area contributed by atoms with Gasteiger partial charge in [0.05, 0.1) is 35.2 Å². The molecule has 2 aromatic carbocycles. The smallest absolute Gasteiger partial charge is 0.416 e. The summed E-state index contributed by atoms with van der Waals surface area (Å²) in [5.41, 5.74) is 5.23. The number of hydrazine groups is 1. The maximum atomic E-state index is 13.0. The van der Waals surface area contributed by atoms with Crippen molar-refractivity contribution in [2.75, 3.05) is 12.1 Å². The van der Waals surface area contributed by atoms with Gasteiger partial charge in [-0.25, -0.2) is 4.79 Å². The number of methoxy groups -OCH3 is 1. The van der Waals surface area contributed by atoms with Crippen LogP contribution in [0.5, 0.6) is 0 Å². The van der Waals surface area contributed by atoms with Crippen LogP contribution in [0.25, 0.3) is 0 Å². The van der Waals surface area contributed by atoms with Gasteiger partial charge in [-0.15, -0.1) is 0 Å². The molecule has 1 aliphatic rings. The lowest BCUT2D eigenvalue weighted by Gasteiger charge is -2.15. The first kappa shape index (κ1) is 23.5. The van der Waals surface area contributed by atoms with E-state index in [0.29, 0.717) is 0 Å². The fourth-order valence-corrected chi connectivity index (χ4v) is 3.09. The van der Waals surface area contributed by atoms with Crippen LogP contribution in [0, 0.1) is 0 Å². The van der Waals surface area contributed by atoms with Crippen LogP contribution in [-0.2, 0) is 15.7 Å². The number of halogens is 3. The summed E-state index contributed by atoms with van der Waals surface area (Å²) in [6.07, 6.45) is -4.56. The molecular formula is C22H19F3N4O4. The predicted molar refractivity (Wildman–Crippen MR) is 113 cm³/mol. The molecule has 1 aliphatic heterocycles. The molecule has 172 valence electrons. The van der Waals surface area contributed by atoms with E-state index in [1.165, 1.54) is 57.4 Å². The first-order chi connectivity index (χ1) is 15.5. The molecule has 8 nitrogen and oxygen atoms in total. The number of allylic oxidation sites excluding steroid dienone is 1. The van der Waals surface area contributed by atoms with E-state index in [1.807, 2.05) is 0 Å². The van der Waals surface area contributed by atoms with E-state index in [0.717, 1.165) is 17.1 Å². The van der Waals surface area contributed by atoms with E-state index in [2.05, 4.69) is 20.7 Å². The molecule has 0 atom stereocenters. The number of carbonyl (C=O) groups excluding carboxylic acids is 3. The number of esters is 1. The minimum atomic E-state index is -4.56. The lowest BCUT2D eigenvalue weighted by molar-refractivity contribution is -0.137. The van der Waals surface area contributed by atoms with Crippen LogP contribution < -0.4 is 15.9 Å². The van der Waals surface area contributed by atoms with Crippen LogP contribution in [-0.4, -0.2) is 30.6 Å². The van der Waals surface area contributed by atoms with E-state index in [4.69, 9.17) is 0 Å². The minimum absolute atomic E-state index is 0.0355. The zero-order chi connectivity index (χ0) is 24.3. The molecule has 1 heterocycles. The highest BCUT2D eigenvalue weighted by atomic mass is 19.4. The third kappa shape index (κ3) is 5.03. The van der Waals surface area contributed by atoms with Gasteiger partial charge in [-0.1, -0.05) is 6.07 Å². The van der Waals surface area contributed by atoms with Gasteiger partial charge in [0, 0.05) is 11.3 Å². The summed E-state index contributed by atoms with van der Waals surface area (Å²) in [6, 6.07) is 9.97. The van der Waals surface area contributed by atoms with Crippen molar-refractivity contribution in [3.05, 3.63) is 76.5 Å². The van der Waals surface area contributed by atoms with Gasteiger partial charge in [-0.3, -0.25) is 15.0 Å². The molecule has 0 saturated heterocycles. The number of hydrazone groups is 1. The van der Waals surface area contributed by atoms with Gasteiger partial charge in [0.15, 0.2) is 0 Å². The van der Waals surface area contributed by atoms with Crippen molar-refractivity contribution >= 4 is 29.2 Å². The maximum Gasteiger partial charge on any atom is 0.416 e. The van der Waals surface area contributed by atoms with Crippen molar-refractivity contribution in [3.8, 4) is 0 Å². The lowest BCUT2D eigenvalue weighted by Crippen LogP contribution is -2.37. The third-order valence-electron chi connectivity index (χ3n) is 4.74. The number of anilines is 1. The molecule has 0 saturated carbocycles. The summed E-state index contributed by atoms with van der Waals surface area (Å²) >= 11 is 0. The van der Waals surface area contributed by atoms with Crippen LogP contribution in [0.3, 0.4) is 0 Å². The van der Waals surface area contributed by atoms with Crippen molar-refractivity contribution in [2.24, 2.45) is 5.10 Å². The molecule has 0 fully saturated rings. The zero-order valence-corrected chi connectivity index (χ0v) is 17.8. The number of amides is 2. The van der Waals surface area contributed by atoms with Gasteiger partial charge in [-0.05, 0) is 56.3 Å². The topological polar surface area (TPSA) is 100 Å². The molecule has 0 bridgehead atoms. The number of benzene rings is 2. The fraction of sp³-hybridized carbons (Fsp3) is 0.182. The second-order valence-corrected chi connectivity index (χ2v) is 7.00. The normalized spacial score (nSPS) is 15.2. The standard InChI is InChI=1S/C22H19F3N4O4/c1-12(26-27-19(30)14-7-9-15(10-8-14)21(32)33-3)18-13(2)28-29(20(18)31)17-6-4-5-16(11-17)22(23,24)25/h4-11,26H,1-3H3,(H,27,30). The summed E-state index contributed by atoms with van der Waals surface area (Å²) in [5.74, 6) is -1.73. The molecule has 2 N–H and O–H groups in total. The molecule has 0 radical (unpaired) electrons. The molecule has 11 heteroatoms. The van der Waals surface area contributed by atoms with Gasteiger partial charge in [0.25, 0.3) is 11.8 Å². The Labute approximate surface area is 186 Å². The number of ether oxygens (including phenoxy) is 1. The number of alkyl halides is 3. The first-order valence-corrected chi connectivity index (χ1v) is 9.56. The van der Waals surface area contributed by atoms with Crippen molar-refractivity contribution in [3.63, 3.8) is 0 Å². The average Bonchev–Trinajstić information content (AvgIpc) is 3.10. The van der Waals surface area contributed by atoms with Gasteiger partial charge in [0.1, 0.15) is 0 Å². The molecule has 3 rings (SSSR count). The molecule has 0 aromatic heterocycles. The lowest BCUT2D eigenvalue weighted by atomic mass is 10.1.